The largest absolute Gasteiger partial charge is 0.368 e. The van der Waals surface area contributed by atoms with Crippen LogP contribution in [0.2, 0.25) is 0 Å². The molecular formula is C17H24N2O2. The second-order valence-corrected chi connectivity index (χ2v) is 6.07. The third-order valence-corrected chi connectivity index (χ3v) is 4.15. The Morgan fingerprint density at radius 1 is 1.33 bits per heavy atom. The number of rotatable bonds is 6. The molecule has 1 fully saturated rings. The molecule has 1 aromatic carbocycles. The van der Waals surface area contributed by atoms with Gasteiger partial charge in [-0.2, -0.15) is 0 Å². The smallest absolute Gasteiger partial charge is 0.240 e. The highest BCUT2D eigenvalue weighted by Crippen LogP contribution is 2.27. The third-order valence-electron chi connectivity index (χ3n) is 4.15. The van der Waals surface area contributed by atoms with Crippen molar-refractivity contribution in [2.45, 2.75) is 51.5 Å². The van der Waals surface area contributed by atoms with Gasteiger partial charge in [0.15, 0.2) is 0 Å². The quantitative estimate of drug-likeness (QED) is 0.841. The van der Waals surface area contributed by atoms with Gasteiger partial charge in [-0.15, -0.1) is 0 Å². The van der Waals surface area contributed by atoms with Crippen molar-refractivity contribution in [2.75, 3.05) is 0 Å². The molecule has 1 saturated carbocycles. The van der Waals surface area contributed by atoms with Gasteiger partial charge in [-0.3, -0.25) is 9.59 Å². The van der Waals surface area contributed by atoms with Crippen LogP contribution in [0.5, 0.6) is 0 Å². The maximum Gasteiger partial charge on any atom is 0.240 e. The molecular weight excluding hydrogens is 264 g/mol. The molecule has 21 heavy (non-hydrogen) atoms. The van der Waals surface area contributed by atoms with Crippen LogP contribution in [0.15, 0.2) is 24.3 Å². The van der Waals surface area contributed by atoms with Crippen LogP contribution in [-0.2, 0) is 16.0 Å². The average Bonchev–Trinajstić information content (AvgIpc) is 2.90. The first-order valence-corrected chi connectivity index (χ1v) is 7.69. The van der Waals surface area contributed by atoms with E-state index in [2.05, 4.69) is 5.32 Å². The van der Waals surface area contributed by atoms with Gasteiger partial charge in [0.1, 0.15) is 6.04 Å². The normalized spacial score (nSPS) is 16.6. The molecule has 4 nitrogen and oxygen atoms in total. The Hall–Kier alpha value is -1.84. The molecule has 0 bridgehead atoms. The van der Waals surface area contributed by atoms with Gasteiger partial charge < -0.3 is 11.1 Å². The zero-order valence-electron chi connectivity index (χ0n) is 12.6. The summed E-state index contributed by atoms with van der Waals surface area (Å²) in [5, 5.41) is 2.80. The molecule has 1 aromatic rings. The van der Waals surface area contributed by atoms with Crippen molar-refractivity contribution in [3.8, 4) is 0 Å². The minimum absolute atomic E-state index is 0.0571. The van der Waals surface area contributed by atoms with Crippen molar-refractivity contribution in [2.24, 2.45) is 11.7 Å². The molecule has 0 aliphatic heterocycles. The third kappa shape index (κ3) is 4.88. The fraction of sp³-hybridized carbons (Fsp3) is 0.529. The van der Waals surface area contributed by atoms with E-state index in [1.807, 2.05) is 31.2 Å². The number of amides is 2. The van der Waals surface area contributed by atoms with E-state index in [9.17, 15) is 9.59 Å². The molecule has 1 aliphatic carbocycles. The number of hydrogen-bond acceptors (Lipinski definition) is 2. The summed E-state index contributed by atoms with van der Waals surface area (Å²) < 4.78 is 0. The molecule has 0 aromatic heterocycles. The van der Waals surface area contributed by atoms with Crippen molar-refractivity contribution < 1.29 is 9.59 Å². The summed E-state index contributed by atoms with van der Waals surface area (Å²) in [6, 6.07) is 7.29. The second kappa shape index (κ2) is 7.25. The van der Waals surface area contributed by atoms with E-state index < -0.39 is 11.9 Å². The monoisotopic (exact) mass is 288 g/mol. The average molecular weight is 288 g/mol. The van der Waals surface area contributed by atoms with Crippen LogP contribution in [0, 0.1) is 12.8 Å². The number of carbonyl (C=O) groups is 2. The van der Waals surface area contributed by atoms with E-state index in [0.29, 0.717) is 18.8 Å². The highest BCUT2D eigenvalue weighted by molar-refractivity contribution is 5.86. The molecule has 0 unspecified atom stereocenters. The molecule has 0 radical (unpaired) electrons. The van der Waals surface area contributed by atoms with Crippen molar-refractivity contribution in [3.05, 3.63) is 35.4 Å². The Balaban J connectivity index is 1.92. The number of nitrogens with one attached hydrogen (secondary N) is 1. The predicted molar refractivity (Wildman–Crippen MR) is 82.6 cm³/mol. The van der Waals surface area contributed by atoms with Gasteiger partial charge in [0.25, 0.3) is 0 Å². The number of aryl methyl sites for hydroxylation is 1. The highest BCUT2D eigenvalue weighted by Gasteiger charge is 2.22. The standard InChI is InChI=1S/C17H24N2O2/c1-12-5-4-8-14(9-12)10-15(17(18)21)19-16(20)11-13-6-2-3-7-13/h4-5,8-9,13,15H,2-3,6-7,10-11H2,1H3,(H2,18,21)(H,19,20)/t15-/m0/s1. The lowest BCUT2D eigenvalue weighted by Gasteiger charge is -2.17. The molecule has 0 saturated heterocycles. The van der Waals surface area contributed by atoms with Gasteiger partial charge in [0, 0.05) is 12.8 Å². The summed E-state index contributed by atoms with van der Waals surface area (Å²) in [5.74, 6) is -0.0628. The van der Waals surface area contributed by atoms with Crippen molar-refractivity contribution in [1.29, 1.82) is 0 Å². The molecule has 1 aliphatic rings. The molecule has 4 heteroatoms. The van der Waals surface area contributed by atoms with E-state index >= 15 is 0 Å². The Morgan fingerprint density at radius 2 is 2.05 bits per heavy atom. The summed E-state index contributed by atoms with van der Waals surface area (Å²) in [4.78, 5) is 23.6. The van der Waals surface area contributed by atoms with Gasteiger partial charge in [0.05, 0.1) is 0 Å². The van der Waals surface area contributed by atoms with Gasteiger partial charge in [-0.25, -0.2) is 0 Å². The molecule has 3 N–H and O–H groups in total. The van der Waals surface area contributed by atoms with E-state index in [0.717, 1.165) is 24.0 Å². The highest BCUT2D eigenvalue weighted by atomic mass is 16.2. The molecule has 0 spiro atoms. The Labute approximate surface area is 126 Å². The zero-order chi connectivity index (χ0) is 15.2. The summed E-state index contributed by atoms with van der Waals surface area (Å²) in [6.07, 6.45) is 5.62. The van der Waals surface area contributed by atoms with Crippen LogP contribution in [0.1, 0.15) is 43.2 Å². The molecule has 114 valence electrons. The molecule has 0 heterocycles. The lowest BCUT2D eigenvalue weighted by atomic mass is 10.0. The van der Waals surface area contributed by atoms with E-state index in [1.54, 1.807) is 0 Å². The van der Waals surface area contributed by atoms with Crippen molar-refractivity contribution in [3.63, 3.8) is 0 Å². The van der Waals surface area contributed by atoms with Gasteiger partial charge in [-0.05, 0) is 31.2 Å². The summed E-state index contributed by atoms with van der Waals surface area (Å²) in [7, 11) is 0. The molecule has 2 amide bonds. The first kappa shape index (κ1) is 15.5. The number of carbonyl (C=O) groups excluding carboxylic acids is 2. The van der Waals surface area contributed by atoms with Gasteiger partial charge in [-0.1, -0.05) is 42.7 Å². The van der Waals surface area contributed by atoms with E-state index in [-0.39, 0.29) is 5.91 Å². The van der Waals surface area contributed by atoms with E-state index in [4.69, 9.17) is 5.73 Å². The number of benzene rings is 1. The van der Waals surface area contributed by atoms with Crippen LogP contribution in [0.4, 0.5) is 0 Å². The number of nitrogens with two attached hydrogens (primary N) is 1. The first-order valence-electron chi connectivity index (χ1n) is 7.69. The summed E-state index contributed by atoms with van der Waals surface area (Å²) in [5.41, 5.74) is 7.57. The lowest BCUT2D eigenvalue weighted by molar-refractivity contribution is -0.127. The Morgan fingerprint density at radius 3 is 2.67 bits per heavy atom. The maximum atomic E-state index is 12.1. The minimum Gasteiger partial charge on any atom is -0.368 e. The van der Waals surface area contributed by atoms with Crippen LogP contribution in [0.3, 0.4) is 0 Å². The van der Waals surface area contributed by atoms with Gasteiger partial charge >= 0.3 is 0 Å². The zero-order valence-corrected chi connectivity index (χ0v) is 12.6. The van der Waals surface area contributed by atoms with Gasteiger partial charge in [0.2, 0.25) is 11.8 Å². The molecule has 2 rings (SSSR count). The minimum atomic E-state index is -0.624. The van der Waals surface area contributed by atoms with Crippen LogP contribution in [0.25, 0.3) is 0 Å². The van der Waals surface area contributed by atoms with Crippen molar-refractivity contribution >= 4 is 11.8 Å². The summed E-state index contributed by atoms with van der Waals surface area (Å²) in [6.45, 7) is 2.00. The van der Waals surface area contributed by atoms with Crippen molar-refractivity contribution in [1.82, 2.24) is 5.32 Å². The second-order valence-electron chi connectivity index (χ2n) is 6.07. The Kier molecular flexibility index (Phi) is 5.37. The maximum absolute atomic E-state index is 12.1. The number of primary amides is 1. The lowest BCUT2D eigenvalue weighted by Crippen LogP contribution is -2.46. The molecule has 1 atom stereocenters. The van der Waals surface area contributed by atoms with Crippen LogP contribution >= 0.6 is 0 Å². The first-order chi connectivity index (χ1) is 10.0. The Bertz CT molecular complexity index is 507. The topological polar surface area (TPSA) is 72.2 Å². The number of hydrogen-bond donors (Lipinski definition) is 2. The van der Waals surface area contributed by atoms with Crippen LogP contribution < -0.4 is 11.1 Å². The van der Waals surface area contributed by atoms with E-state index in [1.165, 1.54) is 12.8 Å². The fourth-order valence-corrected chi connectivity index (χ4v) is 3.03. The summed E-state index contributed by atoms with van der Waals surface area (Å²) >= 11 is 0. The predicted octanol–water partition coefficient (Wildman–Crippen LogP) is 2.09. The van der Waals surface area contributed by atoms with Crippen LogP contribution in [-0.4, -0.2) is 17.9 Å². The SMILES string of the molecule is Cc1cccc(C[C@H](NC(=O)CC2CCCC2)C(N)=O)c1. The fourth-order valence-electron chi connectivity index (χ4n) is 3.03.